The van der Waals surface area contributed by atoms with Gasteiger partial charge in [-0.1, -0.05) is 41.9 Å². The second-order valence-corrected chi connectivity index (χ2v) is 7.76. The minimum absolute atomic E-state index is 0.180. The maximum Gasteiger partial charge on any atom is 0.272 e. The Morgan fingerprint density at radius 1 is 1.03 bits per heavy atom. The monoisotopic (exact) mass is 448 g/mol. The number of pyridine rings is 1. The number of hydrogen-bond acceptors (Lipinski definition) is 4. The van der Waals surface area contributed by atoms with Crippen molar-refractivity contribution in [2.45, 2.75) is 13.0 Å². The summed E-state index contributed by atoms with van der Waals surface area (Å²) in [7, 11) is 0. The lowest BCUT2D eigenvalue weighted by Crippen LogP contribution is -2.27. The van der Waals surface area contributed by atoms with Crippen molar-refractivity contribution >= 4 is 34.1 Å². The average molecular weight is 449 g/mol. The summed E-state index contributed by atoms with van der Waals surface area (Å²) < 4.78 is 18.0. The lowest BCUT2D eigenvalue weighted by atomic mass is 10.2. The van der Waals surface area contributed by atoms with E-state index in [4.69, 9.17) is 11.6 Å². The molecule has 0 bridgehead atoms. The number of rotatable bonds is 6. The van der Waals surface area contributed by atoms with Crippen molar-refractivity contribution < 1.29 is 9.18 Å². The molecule has 5 aromatic rings. The Morgan fingerprint density at radius 2 is 1.88 bits per heavy atom. The molecule has 0 spiro atoms. The van der Waals surface area contributed by atoms with E-state index in [1.807, 2.05) is 40.9 Å². The molecule has 0 aliphatic rings. The summed E-state index contributed by atoms with van der Waals surface area (Å²) in [6.45, 7) is 0.656. The summed E-state index contributed by atoms with van der Waals surface area (Å²) >= 11 is 5.95. The van der Waals surface area contributed by atoms with Crippen molar-refractivity contribution in [3.63, 3.8) is 0 Å². The fraction of sp³-hybridized carbons (Fsp3) is 0.130. The average Bonchev–Trinajstić information content (AvgIpc) is 3.38. The molecule has 0 saturated carbocycles. The molecule has 2 aromatic carbocycles. The van der Waals surface area contributed by atoms with Gasteiger partial charge in [-0.2, -0.15) is 5.10 Å². The smallest absolute Gasteiger partial charge is 0.272 e. The fourth-order valence-corrected chi connectivity index (χ4v) is 3.80. The molecule has 3 heterocycles. The number of halogens is 2. The van der Waals surface area contributed by atoms with E-state index in [-0.39, 0.29) is 17.1 Å². The third kappa shape index (κ3) is 3.80. The standard InChI is InChI=1S/C23H18ClFN6O/c24-16-9-7-15(8-10-16)14-31-22-17(4-3-5-18(22)25)21(29-31)23(32)26-12-11-20-28-27-19-6-1-2-13-30(19)20/h1-10,13H,11-12,14H2,(H,26,32). The summed E-state index contributed by atoms with van der Waals surface area (Å²) in [5.74, 6) is -0.0627. The van der Waals surface area contributed by atoms with Crippen molar-refractivity contribution in [1.82, 2.24) is 29.7 Å². The number of nitrogens with one attached hydrogen (secondary N) is 1. The minimum atomic E-state index is -0.432. The normalized spacial score (nSPS) is 11.3. The fourth-order valence-electron chi connectivity index (χ4n) is 3.67. The molecule has 3 aromatic heterocycles. The van der Waals surface area contributed by atoms with E-state index in [0.29, 0.717) is 29.9 Å². The highest BCUT2D eigenvalue weighted by atomic mass is 35.5. The van der Waals surface area contributed by atoms with Crippen molar-refractivity contribution in [2.75, 3.05) is 6.54 Å². The molecule has 0 aliphatic carbocycles. The predicted molar refractivity (Wildman–Crippen MR) is 119 cm³/mol. The molecule has 0 unspecified atom stereocenters. The van der Waals surface area contributed by atoms with Crippen LogP contribution in [0.5, 0.6) is 0 Å². The zero-order chi connectivity index (χ0) is 22.1. The molecule has 160 valence electrons. The molecular weight excluding hydrogens is 431 g/mol. The van der Waals surface area contributed by atoms with Crippen LogP contribution in [-0.4, -0.2) is 36.8 Å². The summed E-state index contributed by atoms with van der Waals surface area (Å²) in [6, 6.07) is 17.5. The van der Waals surface area contributed by atoms with Crippen LogP contribution >= 0.6 is 11.6 Å². The lowest BCUT2D eigenvalue weighted by molar-refractivity contribution is 0.0949. The van der Waals surface area contributed by atoms with Crippen LogP contribution in [-0.2, 0) is 13.0 Å². The quantitative estimate of drug-likeness (QED) is 0.427. The molecule has 1 amide bonds. The third-order valence-electron chi connectivity index (χ3n) is 5.20. The van der Waals surface area contributed by atoms with E-state index in [2.05, 4.69) is 20.6 Å². The molecule has 0 fully saturated rings. The van der Waals surface area contributed by atoms with Crippen molar-refractivity contribution in [1.29, 1.82) is 0 Å². The van der Waals surface area contributed by atoms with Gasteiger partial charge in [0.2, 0.25) is 0 Å². The minimum Gasteiger partial charge on any atom is -0.350 e. The maximum atomic E-state index is 14.6. The number of benzene rings is 2. The van der Waals surface area contributed by atoms with Crippen molar-refractivity contribution in [3.8, 4) is 0 Å². The molecular formula is C23H18ClFN6O. The molecule has 32 heavy (non-hydrogen) atoms. The number of para-hydroxylation sites is 1. The van der Waals surface area contributed by atoms with Gasteiger partial charge in [-0.15, -0.1) is 10.2 Å². The summed E-state index contributed by atoms with van der Waals surface area (Å²) in [4.78, 5) is 12.9. The first-order chi connectivity index (χ1) is 15.6. The first-order valence-corrected chi connectivity index (χ1v) is 10.4. The zero-order valence-electron chi connectivity index (χ0n) is 16.9. The van der Waals surface area contributed by atoms with Gasteiger partial charge in [0.15, 0.2) is 11.3 Å². The van der Waals surface area contributed by atoms with Gasteiger partial charge in [0.05, 0.1) is 6.54 Å². The van der Waals surface area contributed by atoms with Gasteiger partial charge in [-0.05, 0) is 35.9 Å². The van der Waals surface area contributed by atoms with Crippen LogP contribution in [0, 0.1) is 5.82 Å². The highest BCUT2D eigenvalue weighted by molar-refractivity contribution is 6.30. The van der Waals surface area contributed by atoms with Crippen LogP contribution in [0.3, 0.4) is 0 Å². The third-order valence-corrected chi connectivity index (χ3v) is 5.45. The number of fused-ring (bicyclic) bond motifs is 2. The Bertz CT molecular complexity index is 1430. The zero-order valence-corrected chi connectivity index (χ0v) is 17.6. The lowest BCUT2D eigenvalue weighted by Gasteiger charge is -2.05. The highest BCUT2D eigenvalue weighted by Gasteiger charge is 2.20. The Hall–Kier alpha value is -3.78. The Morgan fingerprint density at radius 3 is 2.72 bits per heavy atom. The molecule has 0 aliphatic heterocycles. The number of amides is 1. The highest BCUT2D eigenvalue weighted by Crippen LogP contribution is 2.23. The largest absolute Gasteiger partial charge is 0.350 e. The number of hydrogen-bond donors (Lipinski definition) is 1. The number of aromatic nitrogens is 5. The number of nitrogens with zero attached hydrogens (tertiary/aromatic N) is 5. The molecule has 0 atom stereocenters. The SMILES string of the molecule is O=C(NCCc1nnc2ccccn12)c1nn(Cc2ccc(Cl)cc2)c2c(F)cccc12. The molecule has 1 N–H and O–H groups in total. The van der Waals surface area contributed by atoms with E-state index in [0.717, 1.165) is 17.0 Å². The van der Waals surface area contributed by atoms with Gasteiger partial charge in [-0.25, -0.2) is 4.39 Å². The van der Waals surface area contributed by atoms with E-state index in [9.17, 15) is 9.18 Å². The van der Waals surface area contributed by atoms with Crippen LogP contribution < -0.4 is 5.32 Å². The summed E-state index contributed by atoms with van der Waals surface area (Å²) in [5, 5.41) is 16.6. The topological polar surface area (TPSA) is 77.1 Å². The van der Waals surface area contributed by atoms with Gasteiger partial charge >= 0.3 is 0 Å². The maximum absolute atomic E-state index is 14.6. The van der Waals surface area contributed by atoms with E-state index < -0.39 is 5.82 Å². The summed E-state index contributed by atoms with van der Waals surface area (Å²) in [5.41, 5.74) is 2.11. The second kappa shape index (κ2) is 8.39. The number of carbonyl (C=O) groups is 1. The predicted octanol–water partition coefficient (Wildman–Crippen LogP) is 3.89. The molecule has 7 nitrogen and oxygen atoms in total. The second-order valence-electron chi connectivity index (χ2n) is 7.32. The van der Waals surface area contributed by atoms with Gasteiger partial charge < -0.3 is 5.32 Å². The van der Waals surface area contributed by atoms with Crippen LogP contribution in [0.25, 0.3) is 16.6 Å². The Labute approximate surface area is 187 Å². The van der Waals surface area contributed by atoms with Gasteiger partial charge in [-0.3, -0.25) is 13.9 Å². The number of carbonyl (C=O) groups excluding carboxylic acids is 1. The van der Waals surface area contributed by atoms with E-state index in [1.54, 1.807) is 24.3 Å². The summed E-state index contributed by atoms with van der Waals surface area (Å²) in [6.07, 6.45) is 2.37. The van der Waals surface area contributed by atoms with Crippen molar-refractivity contribution in [2.24, 2.45) is 0 Å². The van der Waals surface area contributed by atoms with Gasteiger partial charge in [0.25, 0.3) is 5.91 Å². The van der Waals surface area contributed by atoms with Crippen molar-refractivity contribution in [3.05, 3.63) is 94.8 Å². The van der Waals surface area contributed by atoms with Crippen LogP contribution in [0.15, 0.2) is 66.9 Å². The van der Waals surface area contributed by atoms with E-state index in [1.165, 1.54) is 10.7 Å². The Kier molecular flexibility index (Phi) is 5.28. The van der Waals surface area contributed by atoms with Crippen LogP contribution in [0.4, 0.5) is 4.39 Å². The Balaban J connectivity index is 1.37. The first kappa shape index (κ1) is 20.1. The van der Waals surface area contributed by atoms with Gasteiger partial charge in [0.1, 0.15) is 17.2 Å². The first-order valence-electron chi connectivity index (χ1n) is 10.1. The molecule has 0 radical (unpaired) electrons. The molecule has 0 saturated heterocycles. The van der Waals surface area contributed by atoms with Gasteiger partial charge in [0, 0.05) is 29.6 Å². The molecule has 9 heteroatoms. The van der Waals surface area contributed by atoms with Crippen LogP contribution in [0.2, 0.25) is 5.02 Å². The van der Waals surface area contributed by atoms with E-state index >= 15 is 0 Å². The van der Waals surface area contributed by atoms with Crippen LogP contribution in [0.1, 0.15) is 21.9 Å². The molecule has 5 rings (SSSR count).